The molecule has 0 aromatic carbocycles. The summed E-state index contributed by atoms with van der Waals surface area (Å²) in [6.45, 7) is 8.28. The monoisotopic (exact) mass is 553 g/mol. The number of hydrogen-bond acceptors (Lipinski definition) is 5. The molecule has 2 aliphatic heterocycles. The number of guanidine groups is 1. The smallest absolute Gasteiger partial charge is 0.229 e. The van der Waals surface area contributed by atoms with Crippen LogP contribution in [0.2, 0.25) is 4.34 Å². The van der Waals surface area contributed by atoms with Gasteiger partial charge in [-0.3, -0.25) is 24.4 Å². The molecule has 0 radical (unpaired) electrons. The van der Waals surface area contributed by atoms with E-state index in [-0.39, 0.29) is 35.8 Å². The predicted octanol–water partition coefficient (Wildman–Crippen LogP) is 2.64. The summed E-state index contributed by atoms with van der Waals surface area (Å²) in [5.41, 5.74) is 0. The number of likely N-dealkylation sites (tertiary alicyclic amines) is 1. The number of nitrogens with zero attached hydrogens (tertiary/aromatic N) is 4. The lowest BCUT2D eigenvalue weighted by Crippen LogP contribution is -2.52. The fourth-order valence-corrected chi connectivity index (χ4v) is 4.64. The summed E-state index contributed by atoms with van der Waals surface area (Å²) in [6.07, 6.45) is 1.60. The molecule has 0 unspecified atom stereocenters. The minimum absolute atomic E-state index is 0. The molecular weight excluding hydrogens is 525 g/mol. The number of halogens is 2. The van der Waals surface area contributed by atoms with Gasteiger partial charge in [0.15, 0.2) is 5.96 Å². The molecule has 0 aliphatic carbocycles. The molecule has 2 fully saturated rings. The van der Waals surface area contributed by atoms with Gasteiger partial charge in [0.25, 0.3) is 0 Å². The first kappa shape index (κ1) is 24.4. The highest BCUT2D eigenvalue weighted by atomic mass is 127. The van der Waals surface area contributed by atoms with Crippen molar-refractivity contribution in [2.75, 3.05) is 45.8 Å². The van der Waals surface area contributed by atoms with Crippen LogP contribution in [0.15, 0.2) is 17.1 Å². The summed E-state index contributed by atoms with van der Waals surface area (Å²) in [5.74, 6) is 0.718. The largest absolute Gasteiger partial charge is 0.357 e. The lowest BCUT2D eigenvalue weighted by atomic mass is 10.1. The van der Waals surface area contributed by atoms with Crippen LogP contribution < -0.4 is 5.32 Å². The van der Waals surface area contributed by atoms with Gasteiger partial charge in [0.1, 0.15) is 0 Å². The third kappa shape index (κ3) is 7.08. The van der Waals surface area contributed by atoms with Gasteiger partial charge >= 0.3 is 0 Å². The van der Waals surface area contributed by atoms with E-state index in [1.54, 1.807) is 11.3 Å². The fraction of sp³-hybridized carbons (Fsp3) is 0.632. The summed E-state index contributed by atoms with van der Waals surface area (Å²) >= 11 is 7.66. The van der Waals surface area contributed by atoms with Crippen LogP contribution in [0.3, 0.4) is 0 Å². The van der Waals surface area contributed by atoms with Crippen molar-refractivity contribution < 1.29 is 9.59 Å². The molecule has 0 atom stereocenters. The van der Waals surface area contributed by atoms with Crippen molar-refractivity contribution in [3.8, 4) is 0 Å². The average molecular weight is 554 g/mol. The van der Waals surface area contributed by atoms with Crippen LogP contribution in [-0.4, -0.2) is 78.3 Å². The maximum Gasteiger partial charge on any atom is 0.229 e. The van der Waals surface area contributed by atoms with Gasteiger partial charge in [0.05, 0.1) is 10.9 Å². The molecule has 1 aromatic rings. The molecule has 29 heavy (non-hydrogen) atoms. The molecule has 2 saturated heterocycles. The summed E-state index contributed by atoms with van der Waals surface area (Å²) < 4.78 is 0.834. The molecule has 3 heterocycles. The third-order valence-corrected chi connectivity index (χ3v) is 6.20. The molecule has 0 bridgehead atoms. The molecule has 0 saturated carbocycles. The number of piperidine rings is 1. The van der Waals surface area contributed by atoms with E-state index in [2.05, 4.69) is 26.2 Å². The molecule has 2 aliphatic rings. The van der Waals surface area contributed by atoms with Crippen molar-refractivity contribution in [1.29, 1.82) is 0 Å². The van der Waals surface area contributed by atoms with E-state index in [1.165, 1.54) is 9.78 Å². The normalized spacial score (nSPS) is 18.8. The van der Waals surface area contributed by atoms with E-state index in [9.17, 15) is 9.59 Å². The van der Waals surface area contributed by atoms with Gasteiger partial charge in [-0.15, -0.1) is 35.3 Å². The number of amides is 2. The fourth-order valence-electron chi connectivity index (χ4n) is 3.51. The molecule has 0 spiro atoms. The topological polar surface area (TPSA) is 68.2 Å². The van der Waals surface area contributed by atoms with Crippen LogP contribution in [0.1, 0.15) is 31.1 Å². The minimum atomic E-state index is -0.0706. The van der Waals surface area contributed by atoms with Gasteiger partial charge in [-0.25, -0.2) is 0 Å². The first-order valence-corrected chi connectivity index (χ1v) is 11.1. The lowest BCUT2D eigenvalue weighted by molar-refractivity contribution is -0.147. The summed E-state index contributed by atoms with van der Waals surface area (Å²) in [4.78, 5) is 35.8. The SMILES string of the molecule is CCNC(=NCCN1C(=O)CCCC1=O)N1CCN(Cc2ccc(Cl)s2)CC1.I. The van der Waals surface area contributed by atoms with Gasteiger partial charge < -0.3 is 10.2 Å². The zero-order valence-corrected chi connectivity index (χ0v) is 20.6. The quantitative estimate of drug-likeness (QED) is 0.254. The van der Waals surface area contributed by atoms with Crippen molar-refractivity contribution in [3.05, 3.63) is 21.3 Å². The van der Waals surface area contributed by atoms with Crippen molar-refractivity contribution in [2.45, 2.75) is 32.7 Å². The van der Waals surface area contributed by atoms with Crippen LogP contribution >= 0.6 is 46.9 Å². The number of thiophene rings is 1. The van der Waals surface area contributed by atoms with E-state index in [0.717, 1.165) is 49.6 Å². The Morgan fingerprint density at radius 1 is 1.17 bits per heavy atom. The van der Waals surface area contributed by atoms with E-state index in [4.69, 9.17) is 11.6 Å². The van der Waals surface area contributed by atoms with E-state index < -0.39 is 0 Å². The highest BCUT2D eigenvalue weighted by Gasteiger charge is 2.25. The van der Waals surface area contributed by atoms with E-state index >= 15 is 0 Å². The molecule has 3 rings (SSSR count). The zero-order valence-electron chi connectivity index (χ0n) is 16.7. The Labute approximate surface area is 198 Å². The maximum atomic E-state index is 11.9. The first-order chi connectivity index (χ1) is 13.6. The number of nitrogens with one attached hydrogen (secondary N) is 1. The minimum Gasteiger partial charge on any atom is -0.357 e. The number of carbonyl (C=O) groups excluding carboxylic acids is 2. The Balaban J connectivity index is 0.00000300. The van der Waals surface area contributed by atoms with Crippen LogP contribution in [0.4, 0.5) is 0 Å². The molecule has 10 heteroatoms. The number of piperazine rings is 1. The second-order valence-corrected chi connectivity index (χ2v) is 8.80. The molecule has 2 amide bonds. The van der Waals surface area contributed by atoms with Crippen LogP contribution in [0.25, 0.3) is 0 Å². The molecule has 1 aromatic heterocycles. The van der Waals surface area contributed by atoms with Gasteiger partial charge in [0, 0.05) is 63.5 Å². The van der Waals surface area contributed by atoms with Crippen LogP contribution in [0.5, 0.6) is 0 Å². The van der Waals surface area contributed by atoms with Crippen LogP contribution in [0, 0.1) is 0 Å². The average Bonchev–Trinajstić information content (AvgIpc) is 3.09. The third-order valence-electron chi connectivity index (χ3n) is 4.98. The first-order valence-electron chi connectivity index (χ1n) is 9.90. The van der Waals surface area contributed by atoms with Gasteiger partial charge in [-0.1, -0.05) is 11.6 Å². The Kier molecular flexibility index (Phi) is 10.1. The highest BCUT2D eigenvalue weighted by Crippen LogP contribution is 2.23. The van der Waals surface area contributed by atoms with Crippen LogP contribution in [-0.2, 0) is 16.1 Å². The second-order valence-electron chi connectivity index (χ2n) is 7.00. The number of imide groups is 1. The predicted molar refractivity (Wildman–Crippen MR) is 128 cm³/mol. The summed E-state index contributed by atoms with van der Waals surface area (Å²) in [6, 6.07) is 4.04. The Bertz CT molecular complexity index is 705. The van der Waals surface area contributed by atoms with E-state index in [1.807, 2.05) is 13.0 Å². The Morgan fingerprint density at radius 3 is 2.45 bits per heavy atom. The van der Waals surface area contributed by atoms with Gasteiger partial charge in [-0.2, -0.15) is 0 Å². The Hall–Kier alpha value is -0.910. The molecular formula is C19H29ClIN5O2S. The zero-order chi connectivity index (χ0) is 19.9. The van der Waals surface area contributed by atoms with Gasteiger partial charge in [0.2, 0.25) is 11.8 Å². The standard InChI is InChI=1S/C19H28ClN5O2S.HI/c1-2-21-19(22-8-9-25-17(26)4-3-5-18(25)27)24-12-10-23(11-13-24)14-15-6-7-16(20)28-15;/h6-7H,2-5,8-14H2,1H3,(H,21,22);1H. The van der Waals surface area contributed by atoms with Crippen molar-refractivity contribution >= 4 is 64.7 Å². The number of carbonyl (C=O) groups is 2. The van der Waals surface area contributed by atoms with Crippen molar-refractivity contribution in [1.82, 2.24) is 20.0 Å². The Morgan fingerprint density at radius 2 is 1.86 bits per heavy atom. The summed E-state index contributed by atoms with van der Waals surface area (Å²) in [5, 5.41) is 3.33. The van der Waals surface area contributed by atoms with E-state index in [0.29, 0.717) is 32.4 Å². The van der Waals surface area contributed by atoms with Gasteiger partial charge in [-0.05, 0) is 25.5 Å². The molecule has 162 valence electrons. The second kappa shape index (κ2) is 12.1. The molecule has 7 nitrogen and oxygen atoms in total. The summed E-state index contributed by atoms with van der Waals surface area (Å²) in [7, 11) is 0. The van der Waals surface area contributed by atoms with Crippen molar-refractivity contribution in [2.24, 2.45) is 4.99 Å². The maximum absolute atomic E-state index is 11.9. The highest BCUT2D eigenvalue weighted by molar-refractivity contribution is 14.0. The van der Waals surface area contributed by atoms with Crippen molar-refractivity contribution in [3.63, 3.8) is 0 Å². The molecule has 1 N–H and O–H groups in total. The number of aliphatic imine (C=N–C) groups is 1. The lowest BCUT2D eigenvalue weighted by Gasteiger charge is -2.36. The number of rotatable bonds is 6. The number of hydrogen-bond donors (Lipinski definition) is 1.